The number of nitrogens with one attached hydrogen (secondary N) is 2. The van der Waals surface area contributed by atoms with Crippen LogP contribution in [0.15, 0.2) is 52.3 Å². The number of primary sulfonamides is 1. The lowest BCUT2D eigenvalue weighted by Crippen LogP contribution is -2.46. The lowest BCUT2D eigenvalue weighted by Gasteiger charge is -2.28. The molecule has 0 amide bonds. The van der Waals surface area contributed by atoms with Crippen LogP contribution in [0.5, 0.6) is 0 Å². The first-order valence-corrected chi connectivity index (χ1v) is 12.0. The molecule has 0 radical (unpaired) electrons. The van der Waals surface area contributed by atoms with E-state index in [9.17, 15) is 16.8 Å². The third-order valence-corrected chi connectivity index (χ3v) is 7.65. The van der Waals surface area contributed by atoms with Gasteiger partial charge in [-0.1, -0.05) is 41.9 Å². The molecule has 3 rings (SSSR count). The molecular weight excluding hydrogens is 418 g/mol. The van der Waals surface area contributed by atoms with E-state index in [1.54, 1.807) is 11.8 Å². The van der Waals surface area contributed by atoms with E-state index < -0.39 is 31.1 Å². The van der Waals surface area contributed by atoms with E-state index in [0.29, 0.717) is 5.75 Å². The molecule has 2 aromatic rings. The van der Waals surface area contributed by atoms with E-state index >= 15 is 0 Å². The summed E-state index contributed by atoms with van der Waals surface area (Å²) in [5, 5.41) is 7.97. The lowest BCUT2D eigenvalue weighted by molar-refractivity contribution is 0.566. The van der Waals surface area contributed by atoms with Gasteiger partial charge in [-0.2, -0.15) is 16.5 Å². The Morgan fingerprint density at radius 3 is 2.54 bits per heavy atom. The summed E-state index contributed by atoms with van der Waals surface area (Å²) in [5.74, 6) is 1.21. The lowest BCUT2D eigenvalue weighted by atomic mass is 10.2. The summed E-state index contributed by atoms with van der Waals surface area (Å²) in [6.45, 7) is 0. The van der Waals surface area contributed by atoms with Crippen LogP contribution in [0.25, 0.3) is 0 Å². The van der Waals surface area contributed by atoms with Gasteiger partial charge in [0.05, 0.1) is 16.9 Å². The van der Waals surface area contributed by atoms with E-state index in [0.717, 1.165) is 17.4 Å². The van der Waals surface area contributed by atoms with Crippen molar-refractivity contribution in [3.05, 3.63) is 53.1 Å². The molecule has 0 saturated carbocycles. The van der Waals surface area contributed by atoms with Gasteiger partial charge in [-0.15, -0.1) is 0 Å². The van der Waals surface area contributed by atoms with Gasteiger partial charge in [-0.3, -0.25) is 0 Å². The highest BCUT2D eigenvalue weighted by Crippen LogP contribution is 2.34. The van der Waals surface area contributed by atoms with Gasteiger partial charge in [-0.05, 0) is 17.7 Å². The third-order valence-electron chi connectivity index (χ3n) is 3.65. The van der Waals surface area contributed by atoms with Gasteiger partial charge in [0, 0.05) is 11.5 Å². The molecule has 1 heterocycles. The summed E-state index contributed by atoms with van der Waals surface area (Å²) in [5.41, 5.74) is 1.38. The molecule has 1 aliphatic rings. The molecule has 0 spiro atoms. The maximum Gasteiger partial charge on any atom is 0.244 e. The Morgan fingerprint density at radius 1 is 1.19 bits per heavy atom. The minimum absolute atomic E-state index is 0.133. The molecule has 1 unspecified atom stereocenters. The van der Waals surface area contributed by atoms with Crippen molar-refractivity contribution in [2.24, 2.45) is 5.14 Å². The minimum Gasteiger partial charge on any atom is -0.367 e. The molecule has 7 nitrogen and oxygen atoms in total. The van der Waals surface area contributed by atoms with E-state index in [1.165, 1.54) is 6.07 Å². The molecule has 4 N–H and O–H groups in total. The second-order valence-electron chi connectivity index (χ2n) is 5.64. The fourth-order valence-electron chi connectivity index (χ4n) is 2.50. The van der Waals surface area contributed by atoms with E-state index in [1.807, 2.05) is 30.3 Å². The first-order valence-electron chi connectivity index (χ1n) is 7.44. The number of halogens is 1. The van der Waals surface area contributed by atoms with Crippen LogP contribution in [0.3, 0.4) is 0 Å². The fourth-order valence-corrected chi connectivity index (χ4v) is 6.05. The van der Waals surface area contributed by atoms with Crippen LogP contribution in [0.4, 0.5) is 5.69 Å². The number of benzene rings is 2. The first-order chi connectivity index (χ1) is 12.2. The quantitative estimate of drug-likeness (QED) is 0.663. The summed E-state index contributed by atoms with van der Waals surface area (Å²) in [6, 6.07) is 12.0. The maximum absolute atomic E-state index is 12.5. The summed E-state index contributed by atoms with van der Waals surface area (Å²) in [6.07, 6.45) is -0.544. The average Bonchev–Trinajstić information content (AvgIpc) is 2.53. The Hall–Kier alpha value is -1.30. The van der Waals surface area contributed by atoms with Crippen LogP contribution >= 0.6 is 23.4 Å². The van der Waals surface area contributed by atoms with E-state index in [-0.39, 0.29) is 15.6 Å². The molecule has 1 aliphatic heterocycles. The highest BCUT2D eigenvalue weighted by molar-refractivity contribution is 7.98. The van der Waals surface area contributed by atoms with Crippen LogP contribution in [-0.4, -0.2) is 28.8 Å². The Labute approximate surface area is 161 Å². The van der Waals surface area contributed by atoms with E-state index in [4.69, 9.17) is 16.7 Å². The molecule has 1 atom stereocenters. The van der Waals surface area contributed by atoms with Gasteiger partial charge < -0.3 is 5.32 Å². The molecule has 0 aromatic heterocycles. The van der Waals surface area contributed by atoms with Crippen molar-refractivity contribution >= 4 is 49.1 Å². The van der Waals surface area contributed by atoms with Gasteiger partial charge in [0.15, 0.2) is 0 Å². The number of nitrogens with two attached hydrogens (primary N) is 1. The minimum atomic E-state index is -4.13. The van der Waals surface area contributed by atoms with Crippen molar-refractivity contribution in [3.8, 4) is 0 Å². The maximum atomic E-state index is 12.5. The van der Waals surface area contributed by atoms with Crippen LogP contribution in [0.1, 0.15) is 5.56 Å². The number of fused-ring (bicyclic) bond motifs is 1. The van der Waals surface area contributed by atoms with Crippen LogP contribution in [0, 0.1) is 0 Å². The molecule has 26 heavy (non-hydrogen) atoms. The van der Waals surface area contributed by atoms with Crippen molar-refractivity contribution in [1.29, 1.82) is 0 Å². The number of hydrogen-bond acceptors (Lipinski definition) is 6. The monoisotopic (exact) mass is 433 g/mol. The van der Waals surface area contributed by atoms with Gasteiger partial charge >= 0.3 is 0 Å². The molecule has 11 heteroatoms. The predicted octanol–water partition coefficient (Wildman–Crippen LogP) is 1.95. The summed E-state index contributed by atoms with van der Waals surface area (Å²) in [4.78, 5) is -0.628. The number of thioether (sulfide) groups is 1. The standard InChI is InChI=1S/C15H16ClN3O4S3/c16-11-6-12-14(7-13(11)25(17,20)21)26(22,23)19-15(18-12)9-24-8-10-4-2-1-3-5-10/h1-7,15,18-19H,8-9H2,(H2,17,20,21). The smallest absolute Gasteiger partial charge is 0.244 e. The number of anilines is 1. The van der Waals surface area contributed by atoms with Crippen LogP contribution in [-0.2, 0) is 25.8 Å². The summed E-state index contributed by atoms with van der Waals surface area (Å²) < 4.78 is 50.5. The van der Waals surface area contributed by atoms with Gasteiger partial charge in [0.2, 0.25) is 20.0 Å². The van der Waals surface area contributed by atoms with Gasteiger partial charge in [0.1, 0.15) is 9.79 Å². The van der Waals surface area contributed by atoms with Gasteiger partial charge in [-0.25, -0.2) is 22.0 Å². The topological polar surface area (TPSA) is 118 Å². The summed E-state index contributed by atoms with van der Waals surface area (Å²) in [7, 11) is -8.02. The normalized spacial score (nSPS) is 18.8. The SMILES string of the molecule is NS(=O)(=O)c1cc2c(cc1Cl)NC(CSCc1ccccc1)NS2(=O)=O. The Morgan fingerprint density at radius 2 is 1.88 bits per heavy atom. The predicted molar refractivity (Wildman–Crippen MR) is 103 cm³/mol. The van der Waals surface area contributed by atoms with Gasteiger partial charge in [0.25, 0.3) is 0 Å². The Balaban J connectivity index is 1.79. The number of sulfonamides is 2. The second kappa shape index (κ2) is 7.37. The zero-order chi connectivity index (χ0) is 18.9. The summed E-state index contributed by atoms with van der Waals surface area (Å²) >= 11 is 7.51. The molecule has 0 fully saturated rings. The van der Waals surface area contributed by atoms with E-state index in [2.05, 4.69) is 10.0 Å². The fraction of sp³-hybridized carbons (Fsp3) is 0.200. The molecule has 0 bridgehead atoms. The van der Waals surface area contributed by atoms with Crippen molar-refractivity contribution in [2.45, 2.75) is 21.7 Å². The molecule has 0 saturated heterocycles. The molecule has 0 aliphatic carbocycles. The Bertz CT molecular complexity index is 1030. The van der Waals surface area contributed by atoms with Crippen molar-refractivity contribution in [3.63, 3.8) is 0 Å². The largest absolute Gasteiger partial charge is 0.367 e. The van der Waals surface area contributed by atoms with Crippen molar-refractivity contribution in [1.82, 2.24) is 4.72 Å². The highest BCUT2D eigenvalue weighted by Gasteiger charge is 2.31. The molecule has 2 aromatic carbocycles. The number of rotatable bonds is 5. The van der Waals surface area contributed by atoms with Crippen molar-refractivity contribution in [2.75, 3.05) is 11.1 Å². The Kier molecular flexibility index (Phi) is 5.52. The second-order valence-corrected chi connectivity index (χ2v) is 10.3. The first kappa shape index (κ1) is 19.5. The molecule has 140 valence electrons. The molecular formula is C15H16ClN3O4S3. The van der Waals surface area contributed by atoms with Crippen LogP contribution < -0.4 is 15.2 Å². The van der Waals surface area contributed by atoms with Crippen LogP contribution in [0.2, 0.25) is 5.02 Å². The zero-order valence-electron chi connectivity index (χ0n) is 13.3. The average molecular weight is 434 g/mol. The highest BCUT2D eigenvalue weighted by atomic mass is 35.5. The third kappa shape index (κ3) is 4.33. The van der Waals surface area contributed by atoms with Crippen molar-refractivity contribution < 1.29 is 16.8 Å². The number of hydrogen-bond donors (Lipinski definition) is 3. The zero-order valence-corrected chi connectivity index (χ0v) is 16.6.